The van der Waals surface area contributed by atoms with Crippen LogP contribution in [0.4, 0.5) is 5.69 Å². The molecule has 0 atom stereocenters. The van der Waals surface area contributed by atoms with Crippen LogP contribution in [-0.2, 0) is 12.8 Å². The zero-order valence-corrected chi connectivity index (χ0v) is 11.9. The summed E-state index contributed by atoms with van der Waals surface area (Å²) < 4.78 is 5.20. The molecule has 3 aromatic rings. The van der Waals surface area contributed by atoms with Crippen molar-refractivity contribution in [2.45, 2.75) is 19.8 Å². The van der Waals surface area contributed by atoms with Crippen molar-refractivity contribution in [3.05, 3.63) is 47.1 Å². The molecule has 0 amide bonds. The maximum atomic E-state index is 5.92. The molecular weight excluding hydrogens is 272 g/mol. The lowest BCUT2D eigenvalue weighted by Gasteiger charge is -2.01. The lowest BCUT2D eigenvalue weighted by atomic mass is 10.1. The number of nitrogen functional groups attached to an aromatic ring is 1. The van der Waals surface area contributed by atoms with E-state index in [1.807, 2.05) is 25.1 Å². The summed E-state index contributed by atoms with van der Waals surface area (Å²) in [6, 6.07) is 5.95. The normalized spacial score (nSPS) is 10.8. The molecule has 2 aromatic heterocycles. The van der Waals surface area contributed by atoms with E-state index in [-0.39, 0.29) is 0 Å². The molecule has 0 bridgehead atoms. The Bertz CT molecular complexity index is 706. The number of nitrogens with two attached hydrogens (primary N) is 1. The van der Waals surface area contributed by atoms with Crippen molar-refractivity contribution in [1.82, 2.24) is 15.2 Å². The lowest BCUT2D eigenvalue weighted by Crippen LogP contribution is -1.90. The summed E-state index contributed by atoms with van der Waals surface area (Å²) in [4.78, 5) is 4.09. The van der Waals surface area contributed by atoms with Crippen molar-refractivity contribution in [3.8, 4) is 10.6 Å². The molecule has 0 unspecified atom stereocenters. The Morgan fingerprint density at radius 2 is 2.15 bits per heavy atom. The highest BCUT2D eigenvalue weighted by Gasteiger charge is 2.09. The number of hydrogen-bond acceptors (Lipinski definition) is 6. The SMILES string of the molecule is Cc1ccc(-c2nnc(CCc3ncco3)s2)cc1N. The van der Waals surface area contributed by atoms with Gasteiger partial charge in [0.1, 0.15) is 16.3 Å². The quantitative estimate of drug-likeness (QED) is 0.746. The van der Waals surface area contributed by atoms with Gasteiger partial charge in [0.15, 0.2) is 5.89 Å². The molecule has 0 aliphatic heterocycles. The molecule has 0 saturated carbocycles. The van der Waals surface area contributed by atoms with E-state index in [9.17, 15) is 0 Å². The molecule has 0 fully saturated rings. The first kappa shape index (κ1) is 12.8. The van der Waals surface area contributed by atoms with Crippen LogP contribution in [0.15, 0.2) is 35.1 Å². The largest absolute Gasteiger partial charge is 0.449 e. The van der Waals surface area contributed by atoms with Crippen molar-refractivity contribution in [1.29, 1.82) is 0 Å². The number of oxazole rings is 1. The highest BCUT2D eigenvalue weighted by Crippen LogP contribution is 2.27. The predicted octanol–water partition coefficient (Wildman–Crippen LogP) is 2.87. The fourth-order valence-corrected chi connectivity index (χ4v) is 2.67. The third kappa shape index (κ3) is 2.70. The van der Waals surface area contributed by atoms with E-state index in [4.69, 9.17) is 10.2 Å². The number of aromatic nitrogens is 3. The molecule has 102 valence electrons. The number of aryl methyl sites for hydroxylation is 3. The zero-order chi connectivity index (χ0) is 13.9. The smallest absolute Gasteiger partial charge is 0.194 e. The van der Waals surface area contributed by atoms with Crippen LogP contribution >= 0.6 is 11.3 Å². The van der Waals surface area contributed by atoms with Crippen molar-refractivity contribution < 1.29 is 4.42 Å². The minimum absolute atomic E-state index is 0.723. The summed E-state index contributed by atoms with van der Waals surface area (Å²) in [6.45, 7) is 1.99. The molecule has 2 N–H and O–H groups in total. The Morgan fingerprint density at radius 3 is 2.90 bits per heavy atom. The second-order valence-corrected chi connectivity index (χ2v) is 5.56. The summed E-state index contributed by atoms with van der Waals surface area (Å²) in [5.41, 5.74) is 8.78. The van der Waals surface area contributed by atoms with Gasteiger partial charge in [0, 0.05) is 24.1 Å². The molecule has 5 nitrogen and oxygen atoms in total. The van der Waals surface area contributed by atoms with E-state index >= 15 is 0 Å². The van der Waals surface area contributed by atoms with Crippen LogP contribution in [-0.4, -0.2) is 15.2 Å². The van der Waals surface area contributed by atoms with E-state index in [1.165, 1.54) is 0 Å². The van der Waals surface area contributed by atoms with E-state index in [2.05, 4.69) is 15.2 Å². The maximum Gasteiger partial charge on any atom is 0.194 e. The molecule has 0 aliphatic carbocycles. The van der Waals surface area contributed by atoms with E-state index in [0.717, 1.165) is 45.6 Å². The number of rotatable bonds is 4. The van der Waals surface area contributed by atoms with Crippen LogP contribution in [0.5, 0.6) is 0 Å². The Hall–Kier alpha value is -2.21. The number of nitrogens with zero attached hydrogens (tertiary/aromatic N) is 3. The van der Waals surface area contributed by atoms with E-state index in [1.54, 1.807) is 23.8 Å². The third-order valence-corrected chi connectivity index (χ3v) is 4.06. The molecular formula is C14H14N4OS. The molecule has 0 aliphatic rings. The number of anilines is 1. The first-order valence-corrected chi connectivity index (χ1v) is 7.11. The summed E-state index contributed by atoms with van der Waals surface area (Å²) in [7, 11) is 0. The third-order valence-electron chi connectivity index (χ3n) is 3.03. The van der Waals surface area contributed by atoms with Crippen LogP contribution in [0.2, 0.25) is 0 Å². The average molecular weight is 286 g/mol. The Labute approximate surface area is 120 Å². The predicted molar refractivity (Wildman–Crippen MR) is 78.4 cm³/mol. The van der Waals surface area contributed by atoms with Gasteiger partial charge in [0.25, 0.3) is 0 Å². The van der Waals surface area contributed by atoms with Crippen LogP contribution in [0, 0.1) is 6.92 Å². The van der Waals surface area contributed by atoms with Gasteiger partial charge < -0.3 is 10.2 Å². The van der Waals surface area contributed by atoms with Gasteiger partial charge in [-0.2, -0.15) is 0 Å². The van der Waals surface area contributed by atoms with Crippen molar-refractivity contribution in [2.24, 2.45) is 0 Å². The van der Waals surface area contributed by atoms with E-state index < -0.39 is 0 Å². The van der Waals surface area contributed by atoms with Crippen LogP contribution in [0.1, 0.15) is 16.5 Å². The monoisotopic (exact) mass is 286 g/mol. The Balaban J connectivity index is 1.74. The van der Waals surface area contributed by atoms with Gasteiger partial charge in [-0.3, -0.25) is 0 Å². The van der Waals surface area contributed by atoms with Gasteiger partial charge in [-0.25, -0.2) is 4.98 Å². The Kier molecular flexibility index (Phi) is 3.47. The highest BCUT2D eigenvalue weighted by atomic mass is 32.1. The molecule has 1 aromatic carbocycles. The van der Waals surface area contributed by atoms with Crippen LogP contribution < -0.4 is 5.73 Å². The number of benzene rings is 1. The van der Waals surface area contributed by atoms with E-state index in [0.29, 0.717) is 0 Å². The molecule has 0 radical (unpaired) electrons. The summed E-state index contributed by atoms with van der Waals surface area (Å²) in [6.07, 6.45) is 4.74. The van der Waals surface area contributed by atoms with Gasteiger partial charge >= 0.3 is 0 Å². The summed E-state index contributed by atoms with van der Waals surface area (Å²) in [5, 5.41) is 10.3. The molecule has 0 spiro atoms. The van der Waals surface area contributed by atoms with Gasteiger partial charge in [-0.05, 0) is 18.6 Å². The van der Waals surface area contributed by atoms with Crippen LogP contribution in [0.25, 0.3) is 10.6 Å². The number of hydrogen-bond donors (Lipinski definition) is 1. The van der Waals surface area contributed by atoms with Gasteiger partial charge in [0.05, 0.1) is 6.20 Å². The molecule has 3 rings (SSSR count). The van der Waals surface area contributed by atoms with Gasteiger partial charge in [0.2, 0.25) is 0 Å². The highest BCUT2D eigenvalue weighted by molar-refractivity contribution is 7.14. The second kappa shape index (κ2) is 5.42. The van der Waals surface area contributed by atoms with Crippen molar-refractivity contribution in [2.75, 3.05) is 5.73 Å². The molecule has 20 heavy (non-hydrogen) atoms. The van der Waals surface area contributed by atoms with Crippen molar-refractivity contribution >= 4 is 17.0 Å². The summed E-state index contributed by atoms with van der Waals surface area (Å²) in [5.74, 6) is 0.723. The molecule has 2 heterocycles. The average Bonchev–Trinajstić information content (AvgIpc) is 3.10. The molecule has 6 heteroatoms. The fourth-order valence-electron chi connectivity index (χ4n) is 1.84. The topological polar surface area (TPSA) is 77.8 Å². The fraction of sp³-hybridized carbons (Fsp3) is 0.214. The second-order valence-electron chi connectivity index (χ2n) is 4.50. The standard InChI is InChI=1S/C14H14N4OS/c1-9-2-3-10(8-11(9)15)14-18-17-13(20-14)5-4-12-16-6-7-19-12/h2-3,6-8H,4-5,15H2,1H3. The van der Waals surface area contributed by atoms with Gasteiger partial charge in [-0.15, -0.1) is 10.2 Å². The molecule has 0 saturated heterocycles. The maximum absolute atomic E-state index is 5.92. The first-order valence-electron chi connectivity index (χ1n) is 6.29. The summed E-state index contributed by atoms with van der Waals surface area (Å²) >= 11 is 1.58. The lowest BCUT2D eigenvalue weighted by molar-refractivity contribution is 0.493. The zero-order valence-electron chi connectivity index (χ0n) is 11.0. The first-order chi connectivity index (χ1) is 9.72. The van der Waals surface area contributed by atoms with Gasteiger partial charge in [-0.1, -0.05) is 23.5 Å². The van der Waals surface area contributed by atoms with Crippen LogP contribution in [0.3, 0.4) is 0 Å². The Morgan fingerprint density at radius 1 is 1.25 bits per heavy atom. The van der Waals surface area contributed by atoms with Crippen molar-refractivity contribution in [3.63, 3.8) is 0 Å². The minimum atomic E-state index is 0.723. The minimum Gasteiger partial charge on any atom is -0.449 e.